The number of hydrogen-bond acceptors (Lipinski definition) is 5. The monoisotopic (exact) mass is 351 g/mol. The first kappa shape index (κ1) is 17.4. The van der Waals surface area contributed by atoms with Gasteiger partial charge in [0.15, 0.2) is 5.76 Å². The van der Waals surface area contributed by atoms with Crippen LogP contribution in [0.5, 0.6) is 0 Å². The van der Waals surface area contributed by atoms with Gasteiger partial charge in [0.05, 0.1) is 17.2 Å². The van der Waals surface area contributed by atoms with Crippen LogP contribution in [0.25, 0.3) is 0 Å². The molecule has 2 amide bonds. The molecule has 2 N–H and O–H groups in total. The van der Waals surface area contributed by atoms with Crippen molar-refractivity contribution in [3.63, 3.8) is 0 Å². The molecular formula is C17H25N3O3S. The second-order valence-electron chi connectivity index (χ2n) is 6.59. The number of carbonyl (C=O) groups excluding carboxylic acids is 2. The van der Waals surface area contributed by atoms with Crippen molar-refractivity contribution in [1.82, 2.24) is 15.5 Å². The topological polar surface area (TPSA) is 74.6 Å². The molecule has 2 atom stereocenters. The van der Waals surface area contributed by atoms with Crippen LogP contribution in [0.15, 0.2) is 22.8 Å². The lowest BCUT2D eigenvalue weighted by Gasteiger charge is -2.38. The third kappa shape index (κ3) is 3.62. The molecule has 7 heteroatoms. The summed E-state index contributed by atoms with van der Waals surface area (Å²) in [5, 5.41) is 6.57. The van der Waals surface area contributed by atoms with Crippen LogP contribution in [0.2, 0.25) is 0 Å². The Bertz CT molecular complexity index is 582. The summed E-state index contributed by atoms with van der Waals surface area (Å²) in [6, 6.07) is 3.49. The lowest BCUT2D eigenvalue weighted by Crippen LogP contribution is -2.55. The highest BCUT2D eigenvalue weighted by atomic mass is 32.2. The van der Waals surface area contributed by atoms with Crippen molar-refractivity contribution >= 4 is 23.6 Å². The van der Waals surface area contributed by atoms with Crippen LogP contribution in [0, 0.1) is 0 Å². The number of likely N-dealkylation sites (tertiary alicyclic amines) is 1. The summed E-state index contributed by atoms with van der Waals surface area (Å²) in [7, 11) is 0. The van der Waals surface area contributed by atoms with Crippen molar-refractivity contribution in [2.45, 2.75) is 50.1 Å². The van der Waals surface area contributed by atoms with E-state index in [0.717, 1.165) is 25.0 Å². The van der Waals surface area contributed by atoms with Crippen LogP contribution in [-0.2, 0) is 4.79 Å². The maximum Gasteiger partial charge on any atom is 0.289 e. The van der Waals surface area contributed by atoms with E-state index in [0.29, 0.717) is 18.8 Å². The van der Waals surface area contributed by atoms with Gasteiger partial charge in [0.25, 0.3) is 5.91 Å². The van der Waals surface area contributed by atoms with Gasteiger partial charge in [0, 0.05) is 24.9 Å². The zero-order chi connectivity index (χ0) is 17.2. The van der Waals surface area contributed by atoms with E-state index < -0.39 is 0 Å². The molecule has 3 heterocycles. The molecule has 132 valence electrons. The van der Waals surface area contributed by atoms with E-state index in [1.165, 1.54) is 6.26 Å². The largest absolute Gasteiger partial charge is 0.459 e. The van der Waals surface area contributed by atoms with E-state index in [2.05, 4.69) is 17.6 Å². The van der Waals surface area contributed by atoms with Gasteiger partial charge in [-0.05, 0) is 38.3 Å². The molecule has 0 aliphatic carbocycles. The molecule has 0 bridgehead atoms. The number of rotatable bonds is 4. The summed E-state index contributed by atoms with van der Waals surface area (Å²) in [6.45, 7) is 5.45. The molecule has 2 unspecified atom stereocenters. The van der Waals surface area contributed by atoms with Crippen molar-refractivity contribution in [3.8, 4) is 0 Å². The van der Waals surface area contributed by atoms with Gasteiger partial charge in [-0.15, -0.1) is 11.8 Å². The fourth-order valence-corrected chi connectivity index (χ4v) is 4.56. The SMILES string of the molecule is CCC(C)NC(=O)C1CSC2(CCN(C(=O)c3ccco3)CC2)N1. The van der Waals surface area contributed by atoms with Gasteiger partial charge >= 0.3 is 0 Å². The number of nitrogens with one attached hydrogen (secondary N) is 2. The van der Waals surface area contributed by atoms with Gasteiger partial charge in [-0.25, -0.2) is 0 Å². The van der Waals surface area contributed by atoms with Gasteiger partial charge < -0.3 is 14.6 Å². The molecule has 2 fully saturated rings. The molecule has 24 heavy (non-hydrogen) atoms. The molecule has 1 aromatic heterocycles. The van der Waals surface area contributed by atoms with E-state index in [1.807, 2.05) is 23.6 Å². The zero-order valence-corrected chi connectivity index (χ0v) is 15.0. The van der Waals surface area contributed by atoms with E-state index in [9.17, 15) is 9.59 Å². The Morgan fingerprint density at radius 1 is 1.50 bits per heavy atom. The Hall–Kier alpha value is -1.47. The minimum Gasteiger partial charge on any atom is -0.459 e. The van der Waals surface area contributed by atoms with Crippen LogP contribution in [-0.4, -0.2) is 52.5 Å². The van der Waals surface area contributed by atoms with Gasteiger partial charge in [-0.3, -0.25) is 14.9 Å². The second kappa shape index (κ2) is 7.19. The molecule has 3 rings (SSSR count). The predicted octanol–water partition coefficient (Wildman–Crippen LogP) is 1.83. The maximum absolute atomic E-state index is 12.3. The molecule has 2 aliphatic heterocycles. The molecule has 6 nitrogen and oxygen atoms in total. The number of carbonyl (C=O) groups is 2. The van der Waals surface area contributed by atoms with Crippen molar-refractivity contribution in [2.24, 2.45) is 0 Å². The lowest BCUT2D eigenvalue weighted by molar-refractivity contribution is -0.123. The Balaban J connectivity index is 1.53. The predicted molar refractivity (Wildman–Crippen MR) is 93.9 cm³/mol. The summed E-state index contributed by atoms with van der Waals surface area (Å²) in [6.07, 6.45) is 4.14. The number of amides is 2. The highest BCUT2D eigenvalue weighted by Crippen LogP contribution is 2.39. The van der Waals surface area contributed by atoms with Gasteiger partial charge in [-0.1, -0.05) is 6.92 Å². The number of thioether (sulfide) groups is 1. The number of hydrogen-bond donors (Lipinski definition) is 2. The van der Waals surface area contributed by atoms with Crippen molar-refractivity contribution in [2.75, 3.05) is 18.8 Å². The average Bonchev–Trinajstić information content (AvgIpc) is 3.25. The van der Waals surface area contributed by atoms with E-state index in [4.69, 9.17) is 4.42 Å². The lowest BCUT2D eigenvalue weighted by atomic mass is 10.0. The van der Waals surface area contributed by atoms with Gasteiger partial charge in [0.2, 0.25) is 5.91 Å². The van der Waals surface area contributed by atoms with Crippen LogP contribution in [0.3, 0.4) is 0 Å². The molecular weight excluding hydrogens is 326 g/mol. The van der Waals surface area contributed by atoms with Crippen LogP contribution in [0.4, 0.5) is 0 Å². The van der Waals surface area contributed by atoms with Crippen molar-refractivity contribution < 1.29 is 14.0 Å². The molecule has 0 radical (unpaired) electrons. The number of piperidine rings is 1. The summed E-state index contributed by atoms with van der Waals surface area (Å²) in [4.78, 5) is 26.4. The Kier molecular flexibility index (Phi) is 5.20. The molecule has 0 aromatic carbocycles. The summed E-state index contributed by atoms with van der Waals surface area (Å²) in [5.41, 5.74) is 0. The summed E-state index contributed by atoms with van der Waals surface area (Å²) < 4.78 is 5.20. The van der Waals surface area contributed by atoms with E-state index in [1.54, 1.807) is 12.1 Å². The quantitative estimate of drug-likeness (QED) is 0.866. The van der Waals surface area contributed by atoms with Crippen LogP contribution < -0.4 is 10.6 Å². The highest BCUT2D eigenvalue weighted by molar-refractivity contribution is 8.01. The van der Waals surface area contributed by atoms with Crippen molar-refractivity contribution in [3.05, 3.63) is 24.2 Å². The first-order valence-electron chi connectivity index (χ1n) is 8.58. The number of furan rings is 1. The molecule has 0 saturated carbocycles. The molecule has 1 spiro atoms. The van der Waals surface area contributed by atoms with Gasteiger partial charge in [0.1, 0.15) is 0 Å². The minimum atomic E-state index is -0.142. The maximum atomic E-state index is 12.3. The van der Waals surface area contributed by atoms with Gasteiger partial charge in [-0.2, -0.15) is 0 Å². The second-order valence-corrected chi connectivity index (χ2v) is 7.99. The molecule has 2 saturated heterocycles. The van der Waals surface area contributed by atoms with Crippen LogP contribution in [0.1, 0.15) is 43.7 Å². The fraction of sp³-hybridized carbons (Fsp3) is 0.647. The number of nitrogens with zero attached hydrogens (tertiary/aromatic N) is 1. The Morgan fingerprint density at radius 3 is 2.88 bits per heavy atom. The Labute approximate surface area is 146 Å². The third-order valence-electron chi connectivity index (χ3n) is 4.87. The Morgan fingerprint density at radius 2 is 2.25 bits per heavy atom. The molecule has 2 aliphatic rings. The normalized spacial score (nSPS) is 24.1. The van der Waals surface area contributed by atoms with E-state index in [-0.39, 0.29) is 28.8 Å². The zero-order valence-electron chi connectivity index (χ0n) is 14.2. The summed E-state index contributed by atoms with van der Waals surface area (Å²) >= 11 is 1.81. The first-order chi connectivity index (χ1) is 11.5. The smallest absolute Gasteiger partial charge is 0.289 e. The summed E-state index contributed by atoms with van der Waals surface area (Å²) in [5.74, 6) is 1.21. The highest BCUT2D eigenvalue weighted by Gasteiger charge is 2.44. The fourth-order valence-electron chi connectivity index (χ4n) is 3.15. The van der Waals surface area contributed by atoms with Crippen molar-refractivity contribution in [1.29, 1.82) is 0 Å². The van der Waals surface area contributed by atoms with Crippen LogP contribution >= 0.6 is 11.8 Å². The van der Waals surface area contributed by atoms with E-state index >= 15 is 0 Å². The molecule has 1 aromatic rings. The average molecular weight is 351 g/mol. The first-order valence-corrected chi connectivity index (χ1v) is 9.56. The minimum absolute atomic E-state index is 0.0519. The standard InChI is InChI=1S/C17H25N3O3S/c1-3-12(2)18-15(21)13-11-24-17(19-13)6-8-20(9-7-17)16(22)14-5-4-10-23-14/h4-5,10,12-13,19H,3,6-9,11H2,1-2H3,(H,18,21). The third-order valence-corrected chi connectivity index (χ3v) is 6.45.